The van der Waals surface area contributed by atoms with Crippen LogP contribution in [0.2, 0.25) is 0 Å². The zero-order valence-electron chi connectivity index (χ0n) is 13.0. The van der Waals surface area contributed by atoms with Crippen LogP contribution in [0.5, 0.6) is 5.88 Å². The largest absolute Gasteiger partial charge is 0.481 e. The van der Waals surface area contributed by atoms with Gasteiger partial charge in [-0.25, -0.2) is 4.98 Å². The molecule has 0 aromatic carbocycles. The molecule has 2 amide bonds. The Labute approximate surface area is 146 Å². The van der Waals surface area contributed by atoms with E-state index in [1.54, 1.807) is 43.9 Å². The van der Waals surface area contributed by atoms with Crippen LogP contribution in [0.3, 0.4) is 0 Å². The van der Waals surface area contributed by atoms with Gasteiger partial charge in [0.25, 0.3) is 11.1 Å². The molecule has 0 unspecified atom stereocenters. The molecule has 1 N–H and O–H groups in total. The van der Waals surface area contributed by atoms with E-state index in [9.17, 15) is 9.59 Å². The molecule has 25 heavy (non-hydrogen) atoms. The third-order valence-corrected chi connectivity index (χ3v) is 4.42. The second-order valence-corrected chi connectivity index (χ2v) is 6.21. The molecule has 1 aliphatic rings. The SMILES string of the molecule is COc1cc(-c2cncc3cc(/C=C4\SC(=O)NC4=O)oc23)ccn1. The smallest absolute Gasteiger partial charge is 0.290 e. The van der Waals surface area contributed by atoms with Gasteiger partial charge in [0.15, 0.2) is 0 Å². The Bertz CT molecular complexity index is 1040. The molecule has 0 spiro atoms. The molecule has 124 valence electrons. The van der Waals surface area contributed by atoms with Crippen LogP contribution in [0.15, 0.2) is 46.1 Å². The second-order valence-electron chi connectivity index (χ2n) is 5.19. The number of amides is 2. The summed E-state index contributed by atoms with van der Waals surface area (Å²) in [5.41, 5.74) is 2.26. The van der Waals surface area contributed by atoms with Crippen molar-refractivity contribution >= 4 is 40.0 Å². The fourth-order valence-corrected chi connectivity index (χ4v) is 3.16. The molecule has 1 saturated heterocycles. The molecule has 0 saturated carbocycles. The summed E-state index contributed by atoms with van der Waals surface area (Å²) in [7, 11) is 1.55. The summed E-state index contributed by atoms with van der Waals surface area (Å²) >= 11 is 0.845. The summed E-state index contributed by atoms with van der Waals surface area (Å²) in [5.74, 6) is 0.534. The van der Waals surface area contributed by atoms with Gasteiger partial charge in [-0.15, -0.1) is 0 Å². The number of methoxy groups -OCH3 is 1. The lowest BCUT2D eigenvalue weighted by atomic mass is 10.1. The Balaban J connectivity index is 1.80. The molecule has 8 heteroatoms. The van der Waals surface area contributed by atoms with E-state index in [0.29, 0.717) is 22.1 Å². The number of hydrogen-bond acceptors (Lipinski definition) is 7. The van der Waals surface area contributed by atoms with Crippen LogP contribution in [0.1, 0.15) is 5.76 Å². The molecular weight excluding hydrogens is 342 g/mol. The quantitative estimate of drug-likeness (QED) is 0.722. The van der Waals surface area contributed by atoms with E-state index in [1.165, 1.54) is 0 Å². The number of fused-ring (bicyclic) bond motifs is 1. The predicted octanol–water partition coefficient (Wildman–Crippen LogP) is 3.22. The van der Waals surface area contributed by atoms with E-state index in [4.69, 9.17) is 9.15 Å². The first-order valence-electron chi connectivity index (χ1n) is 7.27. The molecule has 4 heterocycles. The number of thioether (sulfide) groups is 1. The van der Waals surface area contributed by atoms with Crippen LogP contribution >= 0.6 is 11.8 Å². The summed E-state index contributed by atoms with van der Waals surface area (Å²) in [4.78, 5) is 31.5. The van der Waals surface area contributed by atoms with Crippen molar-refractivity contribution in [3.63, 3.8) is 0 Å². The number of carbonyl (C=O) groups excluding carboxylic acids is 2. The Morgan fingerprint density at radius 2 is 2.16 bits per heavy atom. The maximum atomic E-state index is 11.7. The van der Waals surface area contributed by atoms with Gasteiger partial charge in [-0.3, -0.25) is 19.9 Å². The van der Waals surface area contributed by atoms with Crippen LogP contribution in [0, 0.1) is 0 Å². The third kappa shape index (κ3) is 2.87. The van der Waals surface area contributed by atoms with E-state index in [0.717, 1.165) is 28.3 Å². The van der Waals surface area contributed by atoms with Gasteiger partial charge < -0.3 is 9.15 Å². The molecule has 0 aliphatic carbocycles. The molecule has 3 aromatic heterocycles. The molecule has 0 atom stereocenters. The van der Waals surface area contributed by atoms with E-state index in [2.05, 4.69) is 15.3 Å². The van der Waals surface area contributed by atoms with Crippen molar-refractivity contribution in [3.8, 4) is 17.0 Å². The van der Waals surface area contributed by atoms with Crippen molar-refractivity contribution < 1.29 is 18.7 Å². The molecule has 3 aromatic rings. The summed E-state index contributed by atoms with van der Waals surface area (Å²) in [5, 5.41) is 2.61. The van der Waals surface area contributed by atoms with E-state index in [1.807, 2.05) is 6.07 Å². The van der Waals surface area contributed by atoms with Gasteiger partial charge in [0.1, 0.15) is 11.3 Å². The summed E-state index contributed by atoms with van der Waals surface area (Å²) in [6.07, 6.45) is 6.56. The maximum absolute atomic E-state index is 11.7. The highest BCUT2D eigenvalue weighted by molar-refractivity contribution is 8.18. The zero-order chi connectivity index (χ0) is 17.4. The molecule has 7 nitrogen and oxygen atoms in total. The second kappa shape index (κ2) is 6.06. The minimum Gasteiger partial charge on any atom is -0.481 e. The van der Waals surface area contributed by atoms with Gasteiger partial charge in [-0.1, -0.05) is 0 Å². The number of carbonyl (C=O) groups is 2. The van der Waals surface area contributed by atoms with Crippen LogP contribution in [-0.2, 0) is 4.79 Å². The Kier molecular flexibility index (Phi) is 3.73. The van der Waals surface area contributed by atoms with E-state index in [-0.39, 0.29) is 0 Å². The average molecular weight is 353 g/mol. The Hall–Kier alpha value is -3.13. The standard InChI is InChI=1S/C17H11N3O4S/c1-23-14-5-9(2-3-19-14)12-8-18-7-10-4-11(24-15(10)12)6-13-16(21)20-17(22)25-13/h2-8H,1H3,(H,20,21,22)/b13-6-. The fourth-order valence-electron chi connectivity index (χ4n) is 2.50. The van der Waals surface area contributed by atoms with Gasteiger partial charge in [-0.2, -0.15) is 0 Å². The van der Waals surface area contributed by atoms with Gasteiger partial charge in [0.05, 0.1) is 12.0 Å². The summed E-state index contributed by atoms with van der Waals surface area (Å²) < 4.78 is 11.0. The van der Waals surface area contributed by atoms with Crippen molar-refractivity contribution in [1.29, 1.82) is 0 Å². The topological polar surface area (TPSA) is 94.3 Å². The monoisotopic (exact) mass is 353 g/mol. The molecule has 1 fully saturated rings. The Morgan fingerprint density at radius 1 is 1.28 bits per heavy atom. The first-order chi connectivity index (χ1) is 12.1. The normalized spacial score (nSPS) is 15.8. The fraction of sp³-hybridized carbons (Fsp3) is 0.0588. The van der Waals surface area contributed by atoms with Crippen molar-refractivity contribution in [1.82, 2.24) is 15.3 Å². The molecule has 0 bridgehead atoms. The highest BCUT2D eigenvalue weighted by Gasteiger charge is 2.25. The summed E-state index contributed by atoms with van der Waals surface area (Å²) in [6.45, 7) is 0. The molecular formula is C17H11N3O4S. The van der Waals surface area contributed by atoms with Crippen molar-refractivity contribution in [2.45, 2.75) is 0 Å². The van der Waals surface area contributed by atoms with Gasteiger partial charge in [0.2, 0.25) is 5.88 Å². The minimum atomic E-state index is -0.423. The number of nitrogens with one attached hydrogen (secondary N) is 1. The van der Waals surface area contributed by atoms with Gasteiger partial charge in [0, 0.05) is 41.7 Å². The number of ether oxygens (including phenoxy) is 1. The lowest BCUT2D eigenvalue weighted by Crippen LogP contribution is -2.17. The highest BCUT2D eigenvalue weighted by Crippen LogP contribution is 2.33. The van der Waals surface area contributed by atoms with Crippen LogP contribution < -0.4 is 10.1 Å². The number of imide groups is 1. The van der Waals surface area contributed by atoms with Crippen molar-refractivity contribution in [2.24, 2.45) is 0 Å². The highest BCUT2D eigenvalue weighted by atomic mass is 32.2. The van der Waals surface area contributed by atoms with E-state index >= 15 is 0 Å². The Morgan fingerprint density at radius 3 is 2.92 bits per heavy atom. The number of aromatic nitrogens is 2. The number of pyridine rings is 2. The van der Waals surface area contributed by atoms with Crippen molar-refractivity contribution in [2.75, 3.05) is 7.11 Å². The zero-order valence-corrected chi connectivity index (χ0v) is 13.8. The van der Waals surface area contributed by atoms with Crippen LogP contribution in [-0.4, -0.2) is 28.2 Å². The predicted molar refractivity (Wildman–Crippen MR) is 92.9 cm³/mol. The minimum absolute atomic E-state index is 0.296. The summed E-state index contributed by atoms with van der Waals surface area (Å²) in [6, 6.07) is 5.39. The number of rotatable bonds is 3. The molecule has 1 aliphatic heterocycles. The number of nitrogens with zero attached hydrogens (tertiary/aromatic N) is 2. The molecule has 0 radical (unpaired) electrons. The number of hydrogen-bond donors (Lipinski definition) is 1. The number of furan rings is 1. The lowest BCUT2D eigenvalue weighted by Gasteiger charge is -2.04. The van der Waals surface area contributed by atoms with Gasteiger partial charge in [-0.05, 0) is 29.5 Å². The molecule has 4 rings (SSSR count). The van der Waals surface area contributed by atoms with Crippen LogP contribution in [0.25, 0.3) is 28.2 Å². The van der Waals surface area contributed by atoms with Gasteiger partial charge >= 0.3 is 0 Å². The van der Waals surface area contributed by atoms with Crippen LogP contribution in [0.4, 0.5) is 4.79 Å². The first-order valence-corrected chi connectivity index (χ1v) is 8.08. The first kappa shape index (κ1) is 15.4. The average Bonchev–Trinajstić information content (AvgIpc) is 3.17. The third-order valence-electron chi connectivity index (χ3n) is 3.61. The van der Waals surface area contributed by atoms with Crippen molar-refractivity contribution in [3.05, 3.63) is 47.5 Å². The maximum Gasteiger partial charge on any atom is 0.290 e. The lowest BCUT2D eigenvalue weighted by molar-refractivity contribution is -0.115. The van der Waals surface area contributed by atoms with E-state index < -0.39 is 11.1 Å².